The topological polar surface area (TPSA) is 73.7 Å². The van der Waals surface area contributed by atoms with Crippen LogP contribution in [-0.4, -0.2) is 63.5 Å². The lowest BCUT2D eigenvalue weighted by Gasteiger charge is -2.44. The van der Waals surface area contributed by atoms with Gasteiger partial charge in [-0.1, -0.05) is 11.6 Å². The fourth-order valence-electron chi connectivity index (χ4n) is 3.70. The van der Waals surface area contributed by atoms with Crippen molar-refractivity contribution >= 4 is 23.4 Å². The molecule has 1 spiro atoms. The van der Waals surface area contributed by atoms with Crippen molar-refractivity contribution < 1.29 is 14.7 Å². The van der Waals surface area contributed by atoms with E-state index in [0.717, 1.165) is 12.8 Å². The quantitative estimate of drug-likeness (QED) is 0.903. The van der Waals surface area contributed by atoms with Crippen molar-refractivity contribution in [3.63, 3.8) is 0 Å². The number of piperidine rings is 1. The lowest BCUT2D eigenvalue weighted by atomic mass is 9.85. The van der Waals surface area contributed by atoms with Gasteiger partial charge in [-0.15, -0.1) is 0 Å². The zero-order valence-electron chi connectivity index (χ0n) is 12.9. The number of aliphatic hydroxyl groups is 1. The molecule has 0 radical (unpaired) electrons. The maximum Gasteiger partial charge on any atom is 0.273 e. The first-order valence-corrected chi connectivity index (χ1v) is 8.30. The van der Waals surface area contributed by atoms with E-state index in [9.17, 15) is 9.59 Å². The molecule has 0 bridgehead atoms. The number of halogens is 1. The second-order valence-corrected chi connectivity index (χ2v) is 6.51. The molecule has 2 aliphatic rings. The average Bonchev–Trinajstić information content (AvgIpc) is 2.97. The average molecular weight is 338 g/mol. The Morgan fingerprint density at radius 3 is 2.70 bits per heavy atom. The first-order valence-electron chi connectivity index (χ1n) is 7.92. The van der Waals surface area contributed by atoms with Crippen LogP contribution < -0.4 is 0 Å². The SMILES string of the molecule is O=C(c1ccc(Cl)cn1)N1CCCC12CCCN(CCO)C2=O. The molecule has 1 aromatic rings. The van der Waals surface area contributed by atoms with Crippen LogP contribution in [0.25, 0.3) is 0 Å². The lowest BCUT2D eigenvalue weighted by Crippen LogP contribution is -2.61. The third kappa shape index (κ3) is 2.81. The minimum absolute atomic E-state index is 0.0439. The highest BCUT2D eigenvalue weighted by Gasteiger charge is 2.52. The van der Waals surface area contributed by atoms with Crippen LogP contribution in [0, 0.1) is 0 Å². The van der Waals surface area contributed by atoms with E-state index in [0.29, 0.717) is 43.2 Å². The van der Waals surface area contributed by atoms with E-state index in [-0.39, 0.29) is 18.4 Å². The third-order valence-electron chi connectivity index (χ3n) is 4.75. The molecular weight excluding hydrogens is 318 g/mol. The second-order valence-electron chi connectivity index (χ2n) is 6.07. The zero-order chi connectivity index (χ0) is 16.4. The molecule has 7 heteroatoms. The molecule has 3 heterocycles. The number of carbonyl (C=O) groups excluding carboxylic acids is 2. The van der Waals surface area contributed by atoms with Gasteiger partial charge in [-0.2, -0.15) is 0 Å². The van der Waals surface area contributed by atoms with Crippen molar-refractivity contribution in [1.82, 2.24) is 14.8 Å². The minimum atomic E-state index is -0.772. The Hall–Kier alpha value is -1.66. The number of aliphatic hydroxyl groups excluding tert-OH is 1. The summed E-state index contributed by atoms with van der Waals surface area (Å²) in [6.45, 7) is 1.46. The number of hydrogen-bond donors (Lipinski definition) is 1. The molecular formula is C16H20ClN3O3. The smallest absolute Gasteiger partial charge is 0.273 e. The summed E-state index contributed by atoms with van der Waals surface area (Å²) >= 11 is 5.82. The van der Waals surface area contributed by atoms with Crippen molar-refractivity contribution in [3.05, 3.63) is 29.0 Å². The monoisotopic (exact) mass is 337 g/mol. The van der Waals surface area contributed by atoms with Gasteiger partial charge in [0.1, 0.15) is 11.2 Å². The lowest BCUT2D eigenvalue weighted by molar-refractivity contribution is -0.146. The Labute approximate surface area is 140 Å². The highest BCUT2D eigenvalue weighted by Crippen LogP contribution is 2.39. The van der Waals surface area contributed by atoms with Crippen LogP contribution in [0.3, 0.4) is 0 Å². The highest BCUT2D eigenvalue weighted by atomic mass is 35.5. The Balaban J connectivity index is 1.88. The van der Waals surface area contributed by atoms with Crippen molar-refractivity contribution in [2.75, 3.05) is 26.2 Å². The first kappa shape index (κ1) is 16.2. The number of hydrogen-bond acceptors (Lipinski definition) is 4. The second kappa shape index (κ2) is 6.45. The Morgan fingerprint density at radius 1 is 1.30 bits per heavy atom. The van der Waals surface area contributed by atoms with Crippen LogP contribution >= 0.6 is 11.6 Å². The largest absolute Gasteiger partial charge is 0.395 e. The van der Waals surface area contributed by atoms with Gasteiger partial charge >= 0.3 is 0 Å². The van der Waals surface area contributed by atoms with E-state index < -0.39 is 5.54 Å². The van der Waals surface area contributed by atoms with Gasteiger partial charge < -0.3 is 14.9 Å². The molecule has 2 saturated heterocycles. The summed E-state index contributed by atoms with van der Waals surface area (Å²) in [6, 6.07) is 3.22. The summed E-state index contributed by atoms with van der Waals surface area (Å²) in [5, 5.41) is 9.62. The van der Waals surface area contributed by atoms with Crippen LogP contribution in [0.1, 0.15) is 36.2 Å². The highest BCUT2D eigenvalue weighted by molar-refractivity contribution is 6.30. The molecule has 2 aliphatic heterocycles. The normalized spacial score (nSPS) is 24.5. The number of rotatable bonds is 3. The van der Waals surface area contributed by atoms with Gasteiger partial charge in [0.25, 0.3) is 5.91 Å². The van der Waals surface area contributed by atoms with Crippen LogP contribution in [0.5, 0.6) is 0 Å². The number of aromatic nitrogens is 1. The molecule has 0 saturated carbocycles. The molecule has 2 amide bonds. The number of amides is 2. The molecule has 1 unspecified atom stereocenters. The molecule has 23 heavy (non-hydrogen) atoms. The van der Waals surface area contributed by atoms with Gasteiger partial charge in [-0.05, 0) is 37.8 Å². The Kier molecular flexibility index (Phi) is 4.55. The predicted octanol–water partition coefficient (Wildman–Crippen LogP) is 1.32. The van der Waals surface area contributed by atoms with Crippen molar-refractivity contribution in [2.45, 2.75) is 31.2 Å². The van der Waals surface area contributed by atoms with Gasteiger partial charge in [-0.25, -0.2) is 4.98 Å². The molecule has 6 nitrogen and oxygen atoms in total. The third-order valence-corrected chi connectivity index (χ3v) is 4.98. The van der Waals surface area contributed by atoms with Crippen molar-refractivity contribution in [3.8, 4) is 0 Å². The van der Waals surface area contributed by atoms with Gasteiger partial charge in [-0.3, -0.25) is 9.59 Å². The van der Waals surface area contributed by atoms with Crippen molar-refractivity contribution in [2.24, 2.45) is 0 Å². The molecule has 1 atom stereocenters. The Bertz CT molecular complexity index is 605. The van der Waals surface area contributed by atoms with Crippen LogP contribution in [0.15, 0.2) is 18.3 Å². The number of carbonyl (C=O) groups is 2. The molecule has 0 aliphatic carbocycles. The van der Waals surface area contributed by atoms with Crippen LogP contribution in [0.4, 0.5) is 0 Å². The summed E-state index contributed by atoms with van der Waals surface area (Å²) < 4.78 is 0. The van der Waals surface area contributed by atoms with E-state index in [1.165, 1.54) is 6.20 Å². The fraction of sp³-hybridized carbons (Fsp3) is 0.562. The number of β-amino-alcohol motifs (C(OH)–C–C–N with tert-alkyl or cyclic N) is 1. The Morgan fingerprint density at radius 2 is 2.04 bits per heavy atom. The maximum absolute atomic E-state index is 12.9. The van der Waals surface area contributed by atoms with E-state index in [1.807, 2.05) is 0 Å². The zero-order valence-corrected chi connectivity index (χ0v) is 13.6. The molecule has 0 aromatic carbocycles. The van der Waals surface area contributed by atoms with Gasteiger partial charge in [0.05, 0.1) is 11.6 Å². The molecule has 2 fully saturated rings. The van der Waals surface area contributed by atoms with Gasteiger partial charge in [0, 0.05) is 25.8 Å². The number of likely N-dealkylation sites (tertiary alicyclic amines) is 2. The van der Waals surface area contributed by atoms with Gasteiger partial charge in [0.2, 0.25) is 5.91 Å². The first-order chi connectivity index (χ1) is 11.1. The number of nitrogens with zero attached hydrogens (tertiary/aromatic N) is 3. The van der Waals surface area contributed by atoms with Crippen LogP contribution in [0.2, 0.25) is 5.02 Å². The summed E-state index contributed by atoms with van der Waals surface area (Å²) in [7, 11) is 0. The van der Waals surface area contributed by atoms with E-state index in [4.69, 9.17) is 16.7 Å². The van der Waals surface area contributed by atoms with E-state index in [1.54, 1.807) is 21.9 Å². The molecule has 124 valence electrons. The standard InChI is InChI=1S/C16H20ClN3O3/c17-12-3-4-13(18-11-12)14(22)20-8-2-6-16(20)5-1-7-19(9-10-21)15(16)23/h3-4,11,21H,1-2,5-10H2. The summed E-state index contributed by atoms with van der Waals surface area (Å²) in [4.78, 5) is 33.2. The number of pyridine rings is 1. The molecule has 1 aromatic heterocycles. The van der Waals surface area contributed by atoms with Crippen LogP contribution in [-0.2, 0) is 4.79 Å². The van der Waals surface area contributed by atoms with Gasteiger partial charge in [0.15, 0.2) is 0 Å². The van der Waals surface area contributed by atoms with E-state index >= 15 is 0 Å². The van der Waals surface area contributed by atoms with E-state index in [2.05, 4.69) is 4.98 Å². The summed E-state index contributed by atoms with van der Waals surface area (Å²) in [5.74, 6) is -0.268. The molecule has 3 rings (SSSR count). The predicted molar refractivity (Wildman–Crippen MR) is 85.1 cm³/mol. The summed E-state index contributed by atoms with van der Waals surface area (Å²) in [6.07, 6.45) is 4.43. The molecule has 1 N–H and O–H groups in total. The minimum Gasteiger partial charge on any atom is -0.395 e. The fourth-order valence-corrected chi connectivity index (χ4v) is 3.81. The van der Waals surface area contributed by atoms with Crippen molar-refractivity contribution in [1.29, 1.82) is 0 Å². The maximum atomic E-state index is 12.9. The summed E-state index contributed by atoms with van der Waals surface area (Å²) in [5.41, 5.74) is -0.464.